The molecule has 1 aliphatic heterocycles. The molecule has 1 atom stereocenters. The molecule has 16 heavy (non-hydrogen) atoms. The second-order valence-electron chi connectivity index (χ2n) is 6.18. The summed E-state index contributed by atoms with van der Waals surface area (Å²) in [7, 11) is -1.43. The van der Waals surface area contributed by atoms with Gasteiger partial charge in [-0.1, -0.05) is 13.1 Å². The first-order valence-electron chi connectivity index (χ1n) is 5.59. The van der Waals surface area contributed by atoms with Gasteiger partial charge in [0, 0.05) is 6.17 Å². The molecule has 1 fully saturated rings. The number of hydrogen-bond donors (Lipinski definition) is 0. The van der Waals surface area contributed by atoms with Gasteiger partial charge < -0.3 is 14.4 Å². The van der Waals surface area contributed by atoms with Crippen molar-refractivity contribution in [2.24, 2.45) is 0 Å². The fourth-order valence-corrected chi connectivity index (χ4v) is 4.83. The van der Waals surface area contributed by atoms with Crippen molar-refractivity contribution < 1.29 is 14.3 Å². The van der Waals surface area contributed by atoms with Crippen LogP contribution in [0.2, 0.25) is 19.1 Å². The molecule has 0 aromatic rings. The second-order valence-corrected chi connectivity index (χ2v) is 11.2. The lowest BCUT2D eigenvalue weighted by Crippen LogP contribution is -2.42. The highest BCUT2D eigenvalue weighted by molar-refractivity contribution is 6.78. The number of hydrogen-bond acceptors (Lipinski definition) is 3. The number of amides is 1. The summed E-state index contributed by atoms with van der Waals surface area (Å²) in [6.45, 7) is 9.88. The Morgan fingerprint density at radius 2 is 2.00 bits per heavy atom. The van der Waals surface area contributed by atoms with Gasteiger partial charge in [-0.3, -0.25) is 0 Å². The normalized spacial score (nSPS) is 24.3. The Hall–Kier alpha value is -0.843. The molecule has 1 saturated heterocycles. The molecule has 0 unspecified atom stereocenters. The molecule has 4 nitrogen and oxygen atoms in total. The molecule has 0 aliphatic carbocycles. The van der Waals surface area contributed by atoms with Crippen molar-refractivity contribution in [2.75, 3.05) is 6.17 Å². The van der Waals surface area contributed by atoms with Gasteiger partial charge in [-0.2, -0.15) is 0 Å². The van der Waals surface area contributed by atoms with Gasteiger partial charge in [-0.25, -0.2) is 4.79 Å². The highest BCUT2D eigenvalue weighted by Gasteiger charge is 2.42. The van der Waals surface area contributed by atoms with Crippen LogP contribution in [-0.4, -0.2) is 43.2 Å². The summed E-state index contributed by atoms with van der Waals surface area (Å²) < 4.78 is 5.30. The SMILES string of the molecule is CC(C)(C)OC(=O)N1C[Si](C)(C)C[C@H]1C=O. The highest BCUT2D eigenvalue weighted by Crippen LogP contribution is 2.27. The second kappa shape index (κ2) is 4.20. The average molecular weight is 243 g/mol. The van der Waals surface area contributed by atoms with Crippen LogP contribution in [0.15, 0.2) is 0 Å². The van der Waals surface area contributed by atoms with Crippen molar-refractivity contribution in [3.8, 4) is 0 Å². The van der Waals surface area contributed by atoms with E-state index in [4.69, 9.17) is 4.74 Å². The summed E-state index contributed by atoms with van der Waals surface area (Å²) in [6.07, 6.45) is 1.22. The summed E-state index contributed by atoms with van der Waals surface area (Å²) in [5, 5.41) is 0. The Balaban J connectivity index is 2.72. The zero-order valence-electron chi connectivity index (χ0n) is 10.7. The van der Waals surface area contributed by atoms with Crippen LogP contribution in [-0.2, 0) is 9.53 Å². The van der Waals surface area contributed by atoms with Crippen LogP contribution in [0.25, 0.3) is 0 Å². The quantitative estimate of drug-likeness (QED) is 0.523. The minimum Gasteiger partial charge on any atom is -0.444 e. The molecule has 92 valence electrons. The third kappa shape index (κ3) is 3.33. The van der Waals surface area contributed by atoms with Crippen LogP contribution in [0.5, 0.6) is 0 Å². The van der Waals surface area contributed by atoms with Gasteiger partial charge in [0.1, 0.15) is 11.9 Å². The first kappa shape index (κ1) is 13.2. The Bertz CT molecular complexity index is 296. The lowest BCUT2D eigenvalue weighted by molar-refractivity contribution is -0.111. The van der Waals surface area contributed by atoms with E-state index in [1.165, 1.54) is 0 Å². The van der Waals surface area contributed by atoms with Crippen molar-refractivity contribution in [1.82, 2.24) is 4.90 Å². The maximum Gasteiger partial charge on any atom is 0.410 e. The van der Waals surface area contributed by atoms with E-state index in [1.807, 2.05) is 20.8 Å². The molecule has 0 aromatic carbocycles. The number of carbonyl (C=O) groups excluding carboxylic acids is 2. The molecule has 0 aromatic heterocycles. The Morgan fingerprint density at radius 1 is 1.44 bits per heavy atom. The molecule has 0 saturated carbocycles. The average Bonchev–Trinajstić information content (AvgIpc) is 2.38. The standard InChI is InChI=1S/C11H21NO3Si/c1-11(2,3)15-10(14)12-8-16(4,5)7-9(12)6-13/h6,9H,7-8H2,1-5H3/t9-/m1/s1. The first-order valence-corrected chi connectivity index (χ1v) is 9.01. The summed E-state index contributed by atoms with van der Waals surface area (Å²) in [4.78, 5) is 24.4. The summed E-state index contributed by atoms with van der Waals surface area (Å²) in [5.74, 6) is 0. The third-order valence-electron chi connectivity index (χ3n) is 2.55. The number of aldehydes is 1. The topological polar surface area (TPSA) is 46.6 Å². The van der Waals surface area contributed by atoms with Gasteiger partial charge in [0.05, 0.1) is 14.1 Å². The Kier molecular flexibility index (Phi) is 3.47. The summed E-state index contributed by atoms with van der Waals surface area (Å²) in [6, 6.07) is 0.562. The number of ether oxygens (including phenoxy) is 1. The molecule has 0 spiro atoms. The van der Waals surface area contributed by atoms with Crippen LogP contribution in [0.3, 0.4) is 0 Å². The monoisotopic (exact) mass is 243 g/mol. The number of nitrogens with zero attached hydrogens (tertiary/aromatic N) is 1. The predicted octanol–water partition coefficient (Wildman–Crippen LogP) is 2.05. The van der Waals surface area contributed by atoms with Gasteiger partial charge >= 0.3 is 6.09 Å². The van der Waals surface area contributed by atoms with E-state index in [1.54, 1.807) is 4.90 Å². The molecule has 5 heteroatoms. The van der Waals surface area contributed by atoms with E-state index >= 15 is 0 Å². The molecule has 1 amide bonds. The van der Waals surface area contributed by atoms with Crippen molar-refractivity contribution in [3.63, 3.8) is 0 Å². The largest absolute Gasteiger partial charge is 0.444 e. The van der Waals surface area contributed by atoms with Gasteiger partial charge in [-0.05, 0) is 26.8 Å². The highest BCUT2D eigenvalue weighted by atomic mass is 28.3. The van der Waals surface area contributed by atoms with E-state index in [9.17, 15) is 9.59 Å². The van der Waals surface area contributed by atoms with E-state index in [-0.39, 0.29) is 12.1 Å². The summed E-state index contributed by atoms with van der Waals surface area (Å²) >= 11 is 0. The fraction of sp³-hybridized carbons (Fsp3) is 0.818. The van der Waals surface area contributed by atoms with E-state index in [0.717, 1.165) is 12.3 Å². The van der Waals surface area contributed by atoms with Gasteiger partial charge in [0.15, 0.2) is 0 Å². The lowest BCUT2D eigenvalue weighted by atomic mass is 10.2. The van der Waals surface area contributed by atoms with Gasteiger partial charge in [0.2, 0.25) is 0 Å². The van der Waals surface area contributed by atoms with Crippen molar-refractivity contribution >= 4 is 20.5 Å². The third-order valence-corrected chi connectivity index (χ3v) is 5.27. The molecule has 0 N–H and O–H groups in total. The summed E-state index contributed by atoms with van der Waals surface area (Å²) in [5.41, 5.74) is -0.501. The number of rotatable bonds is 1. The van der Waals surface area contributed by atoms with Crippen LogP contribution >= 0.6 is 0 Å². The molecule has 1 heterocycles. The van der Waals surface area contributed by atoms with Crippen molar-refractivity contribution in [3.05, 3.63) is 0 Å². The Morgan fingerprint density at radius 3 is 2.44 bits per heavy atom. The van der Waals surface area contributed by atoms with Crippen molar-refractivity contribution in [1.29, 1.82) is 0 Å². The first-order chi connectivity index (χ1) is 7.14. The molecule has 0 bridgehead atoms. The smallest absolute Gasteiger partial charge is 0.410 e. The van der Waals surface area contributed by atoms with E-state index in [0.29, 0.717) is 6.17 Å². The maximum atomic E-state index is 11.9. The Labute approximate surface area is 98.0 Å². The van der Waals surface area contributed by atoms with E-state index < -0.39 is 13.7 Å². The zero-order chi connectivity index (χ0) is 12.6. The minimum absolute atomic E-state index is 0.281. The maximum absolute atomic E-state index is 11.9. The van der Waals surface area contributed by atoms with Crippen LogP contribution < -0.4 is 0 Å². The van der Waals surface area contributed by atoms with E-state index in [2.05, 4.69) is 13.1 Å². The van der Waals surface area contributed by atoms with Gasteiger partial charge in [-0.15, -0.1) is 0 Å². The predicted molar refractivity (Wildman–Crippen MR) is 65.1 cm³/mol. The molecule has 1 aliphatic rings. The molecular weight excluding hydrogens is 222 g/mol. The van der Waals surface area contributed by atoms with Crippen LogP contribution in [0.4, 0.5) is 4.79 Å². The fourth-order valence-electron chi connectivity index (χ4n) is 1.96. The van der Waals surface area contributed by atoms with Gasteiger partial charge in [0.25, 0.3) is 0 Å². The molecular formula is C11H21NO3Si. The molecule has 1 rings (SSSR count). The minimum atomic E-state index is -1.43. The van der Waals surface area contributed by atoms with Crippen LogP contribution in [0.1, 0.15) is 20.8 Å². The lowest BCUT2D eigenvalue weighted by Gasteiger charge is -2.26. The van der Waals surface area contributed by atoms with Crippen molar-refractivity contribution in [2.45, 2.75) is 51.6 Å². The zero-order valence-corrected chi connectivity index (χ0v) is 11.7. The van der Waals surface area contributed by atoms with Crippen LogP contribution in [0, 0.1) is 0 Å². The molecule has 0 radical (unpaired) electrons. The number of carbonyl (C=O) groups is 2.